The predicted molar refractivity (Wildman–Crippen MR) is 88.3 cm³/mol. The molecule has 124 valence electrons. The minimum atomic E-state index is -0.503. The molecule has 1 aromatic rings. The van der Waals surface area contributed by atoms with Gasteiger partial charge in [0.2, 0.25) is 11.8 Å². The number of hydrogen-bond acceptors (Lipinski definition) is 3. The Bertz CT molecular complexity index is 583. The first-order chi connectivity index (χ1) is 11.1. The second-order valence-corrected chi connectivity index (χ2v) is 6.41. The highest BCUT2D eigenvalue weighted by Gasteiger charge is 2.25. The molecule has 1 aliphatic carbocycles. The smallest absolute Gasteiger partial charge is 0.249 e. The van der Waals surface area contributed by atoms with Gasteiger partial charge >= 0.3 is 0 Å². The monoisotopic (exact) mass is 316 g/mol. The fourth-order valence-electron chi connectivity index (χ4n) is 2.84. The SMILES string of the molecule is C[C@H](OCC1CC1)C(=O)NCC(=O)N1CCCc2ccccc21. The molecule has 23 heavy (non-hydrogen) atoms. The summed E-state index contributed by atoms with van der Waals surface area (Å²) in [5, 5.41) is 2.70. The van der Waals surface area contributed by atoms with Gasteiger partial charge in [-0.15, -0.1) is 0 Å². The van der Waals surface area contributed by atoms with Crippen LogP contribution in [0, 0.1) is 5.92 Å². The summed E-state index contributed by atoms with van der Waals surface area (Å²) in [6.07, 6.45) is 3.84. The van der Waals surface area contributed by atoms with E-state index in [1.807, 2.05) is 18.2 Å². The Morgan fingerprint density at radius 2 is 2.13 bits per heavy atom. The maximum absolute atomic E-state index is 12.4. The van der Waals surface area contributed by atoms with Crippen LogP contribution in [-0.2, 0) is 20.7 Å². The summed E-state index contributed by atoms with van der Waals surface area (Å²) in [6.45, 7) is 3.10. The van der Waals surface area contributed by atoms with Crippen LogP contribution in [0.4, 0.5) is 5.69 Å². The van der Waals surface area contributed by atoms with Gasteiger partial charge in [-0.05, 0) is 50.2 Å². The molecule has 2 amide bonds. The topological polar surface area (TPSA) is 58.6 Å². The van der Waals surface area contributed by atoms with Gasteiger partial charge in [0.25, 0.3) is 0 Å². The number of hydrogen-bond donors (Lipinski definition) is 1. The molecule has 1 atom stereocenters. The van der Waals surface area contributed by atoms with Gasteiger partial charge in [-0.2, -0.15) is 0 Å². The number of nitrogens with one attached hydrogen (secondary N) is 1. The molecule has 1 saturated carbocycles. The average molecular weight is 316 g/mol. The summed E-state index contributed by atoms with van der Waals surface area (Å²) < 4.78 is 5.52. The number of amides is 2. The summed E-state index contributed by atoms with van der Waals surface area (Å²) in [6, 6.07) is 7.96. The lowest BCUT2D eigenvalue weighted by Gasteiger charge is -2.29. The van der Waals surface area contributed by atoms with Crippen molar-refractivity contribution in [2.45, 2.75) is 38.7 Å². The van der Waals surface area contributed by atoms with Crippen LogP contribution in [0.1, 0.15) is 31.7 Å². The van der Waals surface area contributed by atoms with Gasteiger partial charge in [-0.3, -0.25) is 9.59 Å². The van der Waals surface area contributed by atoms with Gasteiger partial charge in [-0.1, -0.05) is 18.2 Å². The molecule has 1 heterocycles. The van der Waals surface area contributed by atoms with E-state index in [2.05, 4.69) is 11.4 Å². The van der Waals surface area contributed by atoms with E-state index in [1.165, 1.54) is 18.4 Å². The lowest BCUT2D eigenvalue weighted by molar-refractivity contribution is -0.133. The Morgan fingerprint density at radius 1 is 1.35 bits per heavy atom. The zero-order chi connectivity index (χ0) is 16.2. The number of nitrogens with zero attached hydrogens (tertiary/aromatic N) is 1. The van der Waals surface area contributed by atoms with Crippen LogP contribution < -0.4 is 10.2 Å². The number of carbonyl (C=O) groups excluding carboxylic acids is 2. The molecule has 5 heteroatoms. The zero-order valence-corrected chi connectivity index (χ0v) is 13.6. The van der Waals surface area contributed by atoms with Crippen LogP contribution in [-0.4, -0.2) is 37.6 Å². The predicted octanol–water partition coefficient (Wildman–Crippen LogP) is 1.90. The Hall–Kier alpha value is -1.88. The highest BCUT2D eigenvalue weighted by molar-refractivity contribution is 5.98. The Kier molecular flexibility index (Phi) is 4.96. The van der Waals surface area contributed by atoms with Crippen LogP contribution in [0.3, 0.4) is 0 Å². The van der Waals surface area contributed by atoms with Gasteiger partial charge < -0.3 is 15.0 Å². The molecule has 1 fully saturated rings. The van der Waals surface area contributed by atoms with E-state index in [9.17, 15) is 9.59 Å². The summed E-state index contributed by atoms with van der Waals surface area (Å²) in [4.78, 5) is 26.2. The van der Waals surface area contributed by atoms with Crippen molar-refractivity contribution in [3.63, 3.8) is 0 Å². The van der Waals surface area contributed by atoms with Gasteiger partial charge in [0.05, 0.1) is 13.2 Å². The molecule has 3 rings (SSSR count). The molecule has 0 aromatic heterocycles. The van der Waals surface area contributed by atoms with Crippen molar-refractivity contribution in [2.75, 3.05) is 24.6 Å². The molecule has 0 spiro atoms. The number of benzene rings is 1. The summed E-state index contributed by atoms with van der Waals surface area (Å²) in [7, 11) is 0. The number of aryl methyl sites for hydroxylation is 1. The fraction of sp³-hybridized carbons (Fsp3) is 0.556. The fourth-order valence-corrected chi connectivity index (χ4v) is 2.84. The second-order valence-electron chi connectivity index (χ2n) is 6.41. The van der Waals surface area contributed by atoms with Gasteiger partial charge in [0.1, 0.15) is 6.10 Å². The maximum Gasteiger partial charge on any atom is 0.249 e. The largest absolute Gasteiger partial charge is 0.368 e. The third-order valence-corrected chi connectivity index (χ3v) is 4.47. The quantitative estimate of drug-likeness (QED) is 0.872. The van der Waals surface area contributed by atoms with Gasteiger partial charge in [-0.25, -0.2) is 0 Å². The molecular weight excluding hydrogens is 292 g/mol. The number of fused-ring (bicyclic) bond motifs is 1. The van der Waals surface area contributed by atoms with E-state index >= 15 is 0 Å². The number of ether oxygens (including phenoxy) is 1. The Labute approximate surface area is 137 Å². The Morgan fingerprint density at radius 3 is 2.91 bits per heavy atom. The van der Waals surface area contributed by atoms with Crippen LogP contribution in [0.15, 0.2) is 24.3 Å². The second kappa shape index (κ2) is 7.13. The van der Waals surface area contributed by atoms with Crippen molar-refractivity contribution in [3.05, 3.63) is 29.8 Å². The third-order valence-electron chi connectivity index (χ3n) is 4.47. The maximum atomic E-state index is 12.4. The molecule has 1 aliphatic heterocycles. The molecule has 0 unspecified atom stereocenters. The van der Waals surface area contributed by atoms with E-state index in [0.29, 0.717) is 19.1 Å². The molecular formula is C18H24N2O3. The molecule has 1 N–H and O–H groups in total. The van der Waals surface area contributed by atoms with E-state index in [4.69, 9.17) is 4.74 Å². The van der Waals surface area contributed by atoms with E-state index in [1.54, 1.807) is 11.8 Å². The first-order valence-electron chi connectivity index (χ1n) is 8.42. The minimum Gasteiger partial charge on any atom is -0.368 e. The summed E-state index contributed by atoms with van der Waals surface area (Å²) >= 11 is 0. The van der Waals surface area contributed by atoms with Gasteiger partial charge in [0.15, 0.2) is 0 Å². The molecule has 0 bridgehead atoms. The standard InChI is InChI=1S/C18H24N2O3/c1-13(23-12-14-8-9-14)18(22)19-11-17(21)20-10-4-6-15-5-2-3-7-16(15)20/h2-3,5,7,13-14H,4,6,8-12H2,1H3,(H,19,22)/t13-/m0/s1. The van der Waals surface area contributed by atoms with Crippen molar-refractivity contribution in [3.8, 4) is 0 Å². The van der Waals surface area contributed by atoms with E-state index in [0.717, 1.165) is 18.5 Å². The average Bonchev–Trinajstić information content (AvgIpc) is 3.41. The van der Waals surface area contributed by atoms with Crippen molar-refractivity contribution in [2.24, 2.45) is 5.92 Å². The lowest BCUT2D eigenvalue weighted by Crippen LogP contribution is -2.45. The minimum absolute atomic E-state index is 0.0182. The normalized spacial score (nSPS) is 18.2. The Balaban J connectivity index is 1.50. The summed E-state index contributed by atoms with van der Waals surface area (Å²) in [5.74, 6) is 0.334. The highest BCUT2D eigenvalue weighted by atomic mass is 16.5. The number of carbonyl (C=O) groups is 2. The van der Waals surface area contributed by atoms with Crippen molar-refractivity contribution in [1.82, 2.24) is 5.32 Å². The number of para-hydroxylation sites is 1. The van der Waals surface area contributed by atoms with Crippen LogP contribution in [0.5, 0.6) is 0 Å². The van der Waals surface area contributed by atoms with Gasteiger partial charge in [0, 0.05) is 12.2 Å². The zero-order valence-electron chi connectivity index (χ0n) is 13.6. The summed E-state index contributed by atoms with van der Waals surface area (Å²) in [5.41, 5.74) is 2.16. The van der Waals surface area contributed by atoms with E-state index in [-0.39, 0.29) is 18.4 Å². The molecule has 5 nitrogen and oxygen atoms in total. The first kappa shape index (κ1) is 16.0. The van der Waals surface area contributed by atoms with Crippen molar-refractivity contribution < 1.29 is 14.3 Å². The first-order valence-corrected chi connectivity index (χ1v) is 8.42. The van der Waals surface area contributed by atoms with E-state index < -0.39 is 6.10 Å². The molecule has 0 radical (unpaired) electrons. The third kappa shape index (κ3) is 4.10. The van der Waals surface area contributed by atoms with Crippen molar-refractivity contribution in [1.29, 1.82) is 0 Å². The molecule has 2 aliphatic rings. The molecule has 1 aromatic carbocycles. The lowest BCUT2D eigenvalue weighted by atomic mass is 10.0. The van der Waals surface area contributed by atoms with Crippen LogP contribution in [0.2, 0.25) is 0 Å². The molecule has 0 saturated heterocycles. The number of anilines is 1. The van der Waals surface area contributed by atoms with Crippen molar-refractivity contribution >= 4 is 17.5 Å². The van der Waals surface area contributed by atoms with Crippen LogP contribution in [0.25, 0.3) is 0 Å². The highest BCUT2D eigenvalue weighted by Crippen LogP contribution is 2.29. The van der Waals surface area contributed by atoms with Crippen LogP contribution >= 0.6 is 0 Å². The number of rotatable bonds is 6.